The fraction of sp³-hybridized carbons (Fsp3) is 0.158. The molecule has 0 saturated heterocycles. The lowest BCUT2D eigenvalue weighted by atomic mass is 10.1. The van der Waals surface area contributed by atoms with Crippen LogP contribution < -0.4 is 0 Å². The van der Waals surface area contributed by atoms with E-state index in [1.165, 1.54) is 11.8 Å². The van der Waals surface area contributed by atoms with E-state index in [4.69, 9.17) is 4.98 Å². The van der Waals surface area contributed by atoms with E-state index in [1.54, 1.807) is 19.0 Å². The summed E-state index contributed by atoms with van der Waals surface area (Å²) in [6.07, 6.45) is 0. The van der Waals surface area contributed by atoms with E-state index in [0.29, 0.717) is 5.75 Å². The van der Waals surface area contributed by atoms with Gasteiger partial charge in [0.05, 0.1) is 11.3 Å². The van der Waals surface area contributed by atoms with Crippen LogP contribution in [0, 0.1) is 0 Å². The molecule has 3 nitrogen and oxygen atoms in total. The average Bonchev–Trinajstić information content (AvgIpc) is 2.59. The van der Waals surface area contributed by atoms with Gasteiger partial charge >= 0.3 is 0 Å². The molecule has 0 bridgehead atoms. The van der Waals surface area contributed by atoms with Gasteiger partial charge in [0.25, 0.3) is 0 Å². The Morgan fingerprint density at radius 2 is 1.74 bits per heavy atom. The second-order valence-corrected chi connectivity index (χ2v) is 6.44. The predicted octanol–water partition coefficient (Wildman–Crippen LogP) is 4.08. The first-order valence-corrected chi connectivity index (χ1v) is 8.42. The van der Waals surface area contributed by atoms with Crippen molar-refractivity contribution in [2.45, 2.75) is 5.03 Å². The minimum absolute atomic E-state index is 0.0870. The summed E-state index contributed by atoms with van der Waals surface area (Å²) in [4.78, 5) is 18.3. The molecule has 0 aliphatic rings. The van der Waals surface area contributed by atoms with Gasteiger partial charge in [-0.2, -0.15) is 0 Å². The Kier molecular flexibility index (Phi) is 4.63. The zero-order chi connectivity index (χ0) is 16.2. The van der Waals surface area contributed by atoms with Gasteiger partial charge in [-0.05, 0) is 17.7 Å². The molecule has 3 aromatic rings. The molecule has 0 spiro atoms. The van der Waals surface area contributed by atoms with E-state index in [1.807, 2.05) is 36.4 Å². The first-order chi connectivity index (χ1) is 11.1. The van der Waals surface area contributed by atoms with E-state index < -0.39 is 0 Å². The maximum Gasteiger partial charge on any atom is 0.232 e. The Balaban J connectivity index is 2.04. The third-order valence-electron chi connectivity index (χ3n) is 3.60. The number of rotatable bonds is 4. The minimum atomic E-state index is 0.0870. The molecule has 0 atom stereocenters. The molecule has 0 radical (unpaired) electrons. The zero-order valence-corrected chi connectivity index (χ0v) is 14.0. The number of fused-ring (bicyclic) bond motifs is 1. The van der Waals surface area contributed by atoms with Crippen LogP contribution in [0.4, 0.5) is 0 Å². The van der Waals surface area contributed by atoms with Crippen molar-refractivity contribution in [2.75, 3.05) is 19.8 Å². The number of pyridine rings is 1. The van der Waals surface area contributed by atoms with E-state index >= 15 is 0 Å². The fourth-order valence-corrected chi connectivity index (χ4v) is 3.31. The zero-order valence-electron chi connectivity index (χ0n) is 13.2. The van der Waals surface area contributed by atoms with Crippen LogP contribution in [0.3, 0.4) is 0 Å². The van der Waals surface area contributed by atoms with Crippen molar-refractivity contribution in [1.82, 2.24) is 9.88 Å². The Hall–Kier alpha value is -2.33. The van der Waals surface area contributed by atoms with Gasteiger partial charge in [0, 0.05) is 25.0 Å². The molecule has 1 aromatic heterocycles. The average molecular weight is 322 g/mol. The number of hydrogen-bond acceptors (Lipinski definition) is 3. The SMILES string of the molecule is CN(C)C(=O)CSc1nc2ccccc2cc1-c1ccccc1. The van der Waals surface area contributed by atoms with Crippen molar-refractivity contribution in [3.8, 4) is 11.1 Å². The first-order valence-electron chi connectivity index (χ1n) is 7.43. The number of thioether (sulfide) groups is 1. The highest BCUT2D eigenvalue weighted by molar-refractivity contribution is 8.00. The van der Waals surface area contributed by atoms with E-state index in [9.17, 15) is 4.79 Å². The predicted molar refractivity (Wildman–Crippen MR) is 96.6 cm³/mol. The van der Waals surface area contributed by atoms with Crippen LogP contribution in [-0.2, 0) is 4.79 Å². The van der Waals surface area contributed by atoms with Gasteiger partial charge in [0.1, 0.15) is 5.03 Å². The number of carbonyl (C=O) groups is 1. The lowest BCUT2D eigenvalue weighted by Crippen LogP contribution is -2.23. The third kappa shape index (κ3) is 3.54. The molecule has 1 amide bonds. The summed E-state index contributed by atoms with van der Waals surface area (Å²) in [7, 11) is 3.55. The number of hydrogen-bond donors (Lipinski definition) is 0. The number of nitrogens with zero attached hydrogens (tertiary/aromatic N) is 2. The van der Waals surface area contributed by atoms with Crippen molar-refractivity contribution >= 4 is 28.6 Å². The molecule has 4 heteroatoms. The number of benzene rings is 2. The molecular weight excluding hydrogens is 304 g/mol. The first kappa shape index (κ1) is 15.6. The summed E-state index contributed by atoms with van der Waals surface area (Å²) in [5, 5.41) is 2.00. The monoisotopic (exact) mass is 322 g/mol. The highest BCUT2D eigenvalue weighted by Crippen LogP contribution is 2.32. The largest absolute Gasteiger partial charge is 0.348 e. The smallest absolute Gasteiger partial charge is 0.232 e. The molecule has 0 aliphatic heterocycles. The van der Waals surface area contributed by atoms with Gasteiger partial charge in [0.2, 0.25) is 5.91 Å². The standard InChI is InChI=1S/C19H18N2OS/c1-21(2)18(22)13-23-19-16(14-8-4-3-5-9-14)12-15-10-6-7-11-17(15)20-19/h3-12H,13H2,1-2H3. The summed E-state index contributed by atoms with van der Waals surface area (Å²) in [6.45, 7) is 0. The normalized spacial score (nSPS) is 10.7. The quantitative estimate of drug-likeness (QED) is 0.679. The lowest BCUT2D eigenvalue weighted by molar-refractivity contribution is -0.125. The van der Waals surface area contributed by atoms with Gasteiger partial charge in [0.15, 0.2) is 0 Å². The molecule has 0 aliphatic carbocycles. The van der Waals surface area contributed by atoms with Crippen molar-refractivity contribution in [3.63, 3.8) is 0 Å². The minimum Gasteiger partial charge on any atom is -0.348 e. The maximum atomic E-state index is 11.9. The molecule has 0 fully saturated rings. The van der Waals surface area contributed by atoms with Crippen LogP contribution in [0.25, 0.3) is 22.0 Å². The van der Waals surface area contributed by atoms with Gasteiger partial charge in [-0.15, -0.1) is 0 Å². The van der Waals surface area contributed by atoms with Gasteiger partial charge in [-0.1, -0.05) is 60.3 Å². The van der Waals surface area contributed by atoms with Crippen LogP contribution in [0.1, 0.15) is 0 Å². The summed E-state index contributed by atoms with van der Waals surface area (Å²) in [5.74, 6) is 0.474. The molecule has 0 unspecified atom stereocenters. The molecule has 1 heterocycles. The van der Waals surface area contributed by atoms with Gasteiger partial charge < -0.3 is 4.90 Å². The number of aromatic nitrogens is 1. The van der Waals surface area contributed by atoms with E-state index in [2.05, 4.69) is 24.3 Å². The summed E-state index contributed by atoms with van der Waals surface area (Å²) in [5.41, 5.74) is 3.14. The van der Waals surface area contributed by atoms with Crippen LogP contribution in [0.5, 0.6) is 0 Å². The van der Waals surface area contributed by atoms with Crippen molar-refractivity contribution < 1.29 is 4.79 Å². The van der Waals surface area contributed by atoms with Gasteiger partial charge in [-0.3, -0.25) is 4.79 Å². The van der Waals surface area contributed by atoms with Gasteiger partial charge in [-0.25, -0.2) is 4.98 Å². The maximum absolute atomic E-state index is 11.9. The lowest BCUT2D eigenvalue weighted by Gasteiger charge is -2.13. The summed E-state index contributed by atoms with van der Waals surface area (Å²) >= 11 is 1.49. The molecule has 2 aromatic carbocycles. The third-order valence-corrected chi connectivity index (χ3v) is 4.58. The molecule has 0 saturated carbocycles. The Labute approximate surface area is 140 Å². The van der Waals surface area contributed by atoms with Crippen molar-refractivity contribution in [1.29, 1.82) is 0 Å². The second kappa shape index (κ2) is 6.84. The van der Waals surface area contributed by atoms with Crippen LogP contribution in [0.2, 0.25) is 0 Å². The highest BCUT2D eigenvalue weighted by atomic mass is 32.2. The molecule has 23 heavy (non-hydrogen) atoms. The molecule has 3 rings (SSSR count). The Bertz CT molecular complexity index is 831. The van der Waals surface area contributed by atoms with E-state index in [-0.39, 0.29) is 5.91 Å². The Morgan fingerprint density at radius 3 is 2.48 bits per heavy atom. The van der Waals surface area contributed by atoms with E-state index in [0.717, 1.165) is 27.1 Å². The van der Waals surface area contributed by atoms with Crippen LogP contribution >= 0.6 is 11.8 Å². The van der Waals surface area contributed by atoms with Crippen LogP contribution in [-0.4, -0.2) is 35.6 Å². The summed E-state index contributed by atoms with van der Waals surface area (Å²) < 4.78 is 0. The van der Waals surface area contributed by atoms with Crippen molar-refractivity contribution in [3.05, 3.63) is 60.7 Å². The second-order valence-electron chi connectivity index (χ2n) is 5.48. The van der Waals surface area contributed by atoms with Crippen molar-refractivity contribution in [2.24, 2.45) is 0 Å². The summed E-state index contributed by atoms with van der Waals surface area (Å²) in [6, 6.07) is 20.4. The fourth-order valence-electron chi connectivity index (χ4n) is 2.29. The Morgan fingerprint density at radius 1 is 1.04 bits per heavy atom. The molecule has 116 valence electrons. The molecule has 0 N–H and O–H groups in total. The topological polar surface area (TPSA) is 33.2 Å². The van der Waals surface area contributed by atoms with Crippen LogP contribution in [0.15, 0.2) is 65.7 Å². The highest BCUT2D eigenvalue weighted by Gasteiger charge is 2.12. The molecular formula is C19H18N2OS. The number of carbonyl (C=O) groups excluding carboxylic acids is 1. The number of amides is 1. The number of para-hydroxylation sites is 1.